The summed E-state index contributed by atoms with van der Waals surface area (Å²) in [6.45, 7) is 1.61. The van der Waals surface area contributed by atoms with E-state index >= 15 is 0 Å². The number of halogens is 3. The number of guanidine groups is 2. The van der Waals surface area contributed by atoms with E-state index in [-0.39, 0.29) is 29.8 Å². The average Bonchev–Trinajstić information content (AvgIpc) is 3.49. The minimum Gasteiger partial charge on any atom is -0.449 e. The van der Waals surface area contributed by atoms with Crippen molar-refractivity contribution >= 4 is 17.9 Å². The van der Waals surface area contributed by atoms with Gasteiger partial charge in [0.2, 0.25) is 11.4 Å². The van der Waals surface area contributed by atoms with Gasteiger partial charge in [0, 0.05) is 5.56 Å². The second-order valence-electron chi connectivity index (χ2n) is 8.83. The molecule has 3 aliphatic heterocycles. The van der Waals surface area contributed by atoms with Gasteiger partial charge in [-0.1, -0.05) is 25.1 Å². The van der Waals surface area contributed by atoms with Crippen LogP contribution < -0.4 is 22.1 Å². The van der Waals surface area contributed by atoms with Crippen LogP contribution in [0.25, 0.3) is 11.3 Å². The highest BCUT2D eigenvalue weighted by Crippen LogP contribution is 2.43. The first-order valence-electron chi connectivity index (χ1n) is 11.1. The van der Waals surface area contributed by atoms with Crippen LogP contribution in [0.4, 0.5) is 13.2 Å². The lowest BCUT2D eigenvalue weighted by Gasteiger charge is -2.43. The molecule has 5 rings (SSSR count). The summed E-state index contributed by atoms with van der Waals surface area (Å²) in [5, 5.41) is 28.4. The fraction of sp³-hybridized carbons (Fsp3) is 0.409. The molecule has 1 aromatic heterocycles. The fourth-order valence-corrected chi connectivity index (χ4v) is 5.15. The van der Waals surface area contributed by atoms with Crippen molar-refractivity contribution in [1.29, 1.82) is 0 Å². The molecule has 0 aliphatic carbocycles. The number of rotatable bonds is 4. The predicted molar refractivity (Wildman–Crippen MR) is 118 cm³/mol. The van der Waals surface area contributed by atoms with Crippen LogP contribution in [0.2, 0.25) is 0 Å². The molecule has 0 saturated carbocycles. The third kappa shape index (κ3) is 3.32. The summed E-state index contributed by atoms with van der Waals surface area (Å²) in [4.78, 5) is 17.2. The van der Waals surface area contributed by atoms with Crippen molar-refractivity contribution in [2.24, 2.45) is 16.5 Å². The van der Waals surface area contributed by atoms with E-state index in [2.05, 4.69) is 15.6 Å². The first kappa shape index (κ1) is 23.9. The number of nitrogens with two attached hydrogens (primary N) is 2. The maximum Gasteiger partial charge on any atom is 0.417 e. The number of esters is 1. The molecule has 11 nitrogen and oxygen atoms in total. The van der Waals surface area contributed by atoms with Gasteiger partial charge < -0.3 is 30.4 Å². The van der Waals surface area contributed by atoms with E-state index in [0.29, 0.717) is 6.42 Å². The van der Waals surface area contributed by atoms with E-state index in [9.17, 15) is 28.2 Å². The standard InChI is InChI=1S/C22H23F3N6O5/c1-2-12-16-20(30-18(26)29-16)21(33,34)15(9-31(20)19(27)28-12)36-17(32)14-8-7-13(35-14)10-5-3-4-6-11(10)22(23,24)25/h3-8,12,15-16,33-34H,2,9H2,1H3,(H5,26,27,28,29,30)/p+1/t12-,15-,16-,20-/m0/s1. The fourth-order valence-electron chi connectivity index (χ4n) is 5.15. The molecule has 2 aromatic rings. The Morgan fingerprint density at radius 3 is 2.69 bits per heavy atom. The van der Waals surface area contributed by atoms with Crippen LogP contribution in [0.3, 0.4) is 0 Å². The molecule has 4 atom stereocenters. The number of carbonyl (C=O) groups is 1. The number of ether oxygens (including phenoxy) is 1. The Kier molecular flexibility index (Phi) is 5.23. The molecule has 192 valence electrons. The molecular weight excluding hydrogens is 485 g/mol. The number of carbonyl (C=O) groups excluding carboxylic acids is 1. The summed E-state index contributed by atoms with van der Waals surface area (Å²) < 4.78 is 52.3. The van der Waals surface area contributed by atoms with Crippen molar-refractivity contribution < 1.29 is 41.9 Å². The molecule has 1 fully saturated rings. The van der Waals surface area contributed by atoms with Gasteiger partial charge in [-0.2, -0.15) is 13.2 Å². The van der Waals surface area contributed by atoms with E-state index in [0.717, 1.165) is 12.1 Å². The topological polar surface area (TPSA) is 171 Å². The normalized spacial score (nSPS) is 28.6. The van der Waals surface area contributed by atoms with Crippen LogP contribution in [0, 0.1) is 0 Å². The zero-order valence-corrected chi connectivity index (χ0v) is 18.9. The number of benzene rings is 1. The van der Waals surface area contributed by atoms with E-state index in [4.69, 9.17) is 20.6 Å². The molecule has 0 unspecified atom stereocenters. The molecule has 3 aliphatic rings. The Labute approximate surface area is 202 Å². The van der Waals surface area contributed by atoms with Crippen LogP contribution in [-0.4, -0.2) is 68.9 Å². The second kappa shape index (κ2) is 7.86. The van der Waals surface area contributed by atoms with Gasteiger partial charge in [0.1, 0.15) is 24.4 Å². The Bertz CT molecular complexity index is 1290. The van der Waals surface area contributed by atoms with Gasteiger partial charge in [-0.05, 0) is 24.6 Å². The largest absolute Gasteiger partial charge is 0.449 e. The molecule has 1 spiro atoms. The second-order valence-corrected chi connectivity index (χ2v) is 8.83. The van der Waals surface area contributed by atoms with Crippen molar-refractivity contribution in [3.63, 3.8) is 0 Å². The van der Waals surface area contributed by atoms with Crippen molar-refractivity contribution in [3.8, 4) is 11.3 Å². The third-order valence-corrected chi connectivity index (χ3v) is 6.81. The first-order chi connectivity index (χ1) is 16.9. The van der Waals surface area contributed by atoms with E-state index in [1.54, 1.807) is 0 Å². The van der Waals surface area contributed by atoms with Gasteiger partial charge in [0.05, 0.1) is 5.56 Å². The summed E-state index contributed by atoms with van der Waals surface area (Å²) in [6, 6.07) is 5.91. The summed E-state index contributed by atoms with van der Waals surface area (Å²) in [6.07, 6.45) is -5.66. The van der Waals surface area contributed by atoms with Gasteiger partial charge in [0.15, 0.2) is 12.1 Å². The predicted octanol–water partition coefficient (Wildman–Crippen LogP) is -0.123. The molecule has 8 N–H and O–H groups in total. The molecule has 1 aromatic carbocycles. The number of hydrogen-bond acceptors (Lipinski definition) is 10. The average molecular weight is 509 g/mol. The molecule has 0 amide bonds. The number of hydrogen-bond donors (Lipinski definition) is 6. The number of nitrogens with one attached hydrogen (secondary N) is 2. The van der Waals surface area contributed by atoms with Gasteiger partial charge in [-0.15, -0.1) is 0 Å². The van der Waals surface area contributed by atoms with Crippen molar-refractivity contribution in [2.75, 3.05) is 6.54 Å². The van der Waals surface area contributed by atoms with Crippen molar-refractivity contribution in [3.05, 3.63) is 47.7 Å². The summed E-state index contributed by atoms with van der Waals surface area (Å²) in [7, 11) is 0. The monoisotopic (exact) mass is 509 g/mol. The number of nitrogens with zero attached hydrogens (tertiary/aromatic N) is 2. The van der Waals surface area contributed by atoms with Crippen LogP contribution >= 0.6 is 0 Å². The highest BCUT2D eigenvalue weighted by molar-refractivity contribution is 5.88. The van der Waals surface area contributed by atoms with Crippen LogP contribution in [0.1, 0.15) is 29.5 Å². The summed E-state index contributed by atoms with van der Waals surface area (Å²) >= 11 is 0. The van der Waals surface area contributed by atoms with Gasteiger partial charge in [-0.3, -0.25) is 11.1 Å². The highest BCUT2D eigenvalue weighted by atomic mass is 19.4. The molecule has 0 radical (unpaired) electrons. The van der Waals surface area contributed by atoms with Gasteiger partial charge in [0.25, 0.3) is 5.79 Å². The molecule has 1 saturated heterocycles. The molecular formula is C22H24F3N6O5+. The minimum atomic E-state index is -4.64. The van der Waals surface area contributed by atoms with Gasteiger partial charge in [-0.25, -0.2) is 14.4 Å². The Morgan fingerprint density at radius 1 is 1.28 bits per heavy atom. The van der Waals surface area contributed by atoms with Crippen molar-refractivity contribution in [2.45, 2.75) is 49.2 Å². The summed E-state index contributed by atoms with van der Waals surface area (Å²) in [5.41, 5.74) is 9.12. The van der Waals surface area contributed by atoms with E-state index < -0.39 is 53.1 Å². The zero-order valence-electron chi connectivity index (χ0n) is 18.9. The number of aliphatic hydroxyl groups is 2. The van der Waals surface area contributed by atoms with Crippen LogP contribution in [0.15, 0.2) is 45.8 Å². The smallest absolute Gasteiger partial charge is 0.417 e. The summed E-state index contributed by atoms with van der Waals surface area (Å²) in [5.74, 6) is -4.39. The SMILES string of the molecule is CC[C@@H]1NC(N)=[N+]2C[C@H](OC(=O)c3ccc(-c4ccccc4C(F)(F)F)o3)C(O)(O)[C@@]23NC(N)=N[C@@H]13. The van der Waals surface area contributed by atoms with Gasteiger partial charge >= 0.3 is 18.1 Å². The Morgan fingerprint density at radius 2 is 2.00 bits per heavy atom. The first-order valence-corrected chi connectivity index (χ1v) is 11.1. The van der Waals surface area contributed by atoms with Crippen LogP contribution in [-0.2, 0) is 10.9 Å². The lowest BCUT2D eigenvalue weighted by atomic mass is 9.85. The van der Waals surface area contributed by atoms with Crippen molar-refractivity contribution in [1.82, 2.24) is 10.6 Å². The maximum atomic E-state index is 13.4. The lowest BCUT2D eigenvalue weighted by Crippen LogP contribution is -2.78. The molecule has 14 heteroatoms. The maximum absolute atomic E-state index is 13.4. The molecule has 4 heterocycles. The molecule has 0 bridgehead atoms. The number of furan rings is 1. The number of alkyl halides is 3. The Balaban J connectivity index is 1.43. The lowest BCUT2D eigenvalue weighted by molar-refractivity contribution is -0.623. The quantitative estimate of drug-likeness (QED) is 0.187. The Hall–Kier alpha value is -3.78. The third-order valence-electron chi connectivity index (χ3n) is 6.81. The van der Waals surface area contributed by atoms with Crippen LogP contribution in [0.5, 0.6) is 0 Å². The molecule has 36 heavy (non-hydrogen) atoms. The van der Waals surface area contributed by atoms with E-state index in [1.807, 2.05) is 6.92 Å². The van der Waals surface area contributed by atoms with E-state index in [1.165, 1.54) is 28.8 Å². The number of aliphatic imine (C=N–C) groups is 1. The highest BCUT2D eigenvalue weighted by Gasteiger charge is 2.75. The minimum absolute atomic E-state index is 0.0431. The zero-order chi connectivity index (χ0) is 26.0.